The number of nitriles is 1. The van der Waals surface area contributed by atoms with E-state index in [4.69, 9.17) is 0 Å². The molecule has 1 aliphatic heterocycles. The van der Waals surface area contributed by atoms with E-state index in [-0.39, 0.29) is 0 Å². The summed E-state index contributed by atoms with van der Waals surface area (Å²) < 4.78 is 0.768. The van der Waals surface area contributed by atoms with Gasteiger partial charge >= 0.3 is 6.19 Å². The van der Waals surface area contributed by atoms with E-state index < -0.39 is 0 Å². The zero-order chi connectivity index (χ0) is 15.4. The van der Waals surface area contributed by atoms with Crippen LogP contribution in [0.3, 0.4) is 0 Å². The average molecular weight is 294 g/mol. The van der Waals surface area contributed by atoms with Gasteiger partial charge in [-0.2, -0.15) is 0 Å². The molecule has 0 bridgehead atoms. The number of likely N-dealkylation sites (tertiary alicyclic amines) is 1. The molecule has 1 fully saturated rings. The Labute approximate surface area is 133 Å². The highest BCUT2D eigenvalue weighted by Crippen LogP contribution is 2.29. The first-order valence-corrected chi connectivity index (χ1v) is 9.57. The van der Waals surface area contributed by atoms with Crippen LogP contribution < -0.4 is 0 Å². The van der Waals surface area contributed by atoms with Crippen LogP contribution in [0.15, 0.2) is 0 Å². The molecule has 0 aromatic rings. The minimum absolute atomic E-state index is 0.623. The Morgan fingerprint density at radius 2 is 1.57 bits per heavy atom. The SMILES string of the molecule is CCCCCCCCCC[N+]1(C#N)CCCCC1CCC. The van der Waals surface area contributed by atoms with Crippen LogP contribution in [0.4, 0.5) is 0 Å². The number of hydrogen-bond acceptors (Lipinski definition) is 1. The summed E-state index contributed by atoms with van der Waals surface area (Å²) in [7, 11) is 0. The highest BCUT2D eigenvalue weighted by Gasteiger charge is 2.39. The van der Waals surface area contributed by atoms with Crippen LogP contribution in [0.25, 0.3) is 0 Å². The molecular formula is C19H37N2+. The largest absolute Gasteiger partial charge is 0.308 e. The minimum Gasteiger partial charge on any atom is -0.221 e. The monoisotopic (exact) mass is 293 g/mol. The zero-order valence-electron chi connectivity index (χ0n) is 14.6. The molecule has 1 rings (SSSR count). The molecule has 0 saturated carbocycles. The van der Waals surface area contributed by atoms with E-state index in [1.54, 1.807) is 0 Å². The molecule has 2 unspecified atom stereocenters. The van der Waals surface area contributed by atoms with Crippen LogP contribution in [0, 0.1) is 11.5 Å². The maximum absolute atomic E-state index is 9.76. The summed E-state index contributed by atoms with van der Waals surface area (Å²) in [6, 6.07) is 0.623. The normalized spacial score (nSPS) is 25.7. The number of hydrogen-bond donors (Lipinski definition) is 0. The molecule has 0 aromatic carbocycles. The van der Waals surface area contributed by atoms with E-state index in [0.29, 0.717) is 6.04 Å². The summed E-state index contributed by atoms with van der Waals surface area (Å²) in [5.74, 6) is 0. The lowest BCUT2D eigenvalue weighted by Crippen LogP contribution is -2.55. The van der Waals surface area contributed by atoms with Crippen molar-refractivity contribution >= 4 is 0 Å². The predicted octanol–water partition coefficient (Wildman–Crippen LogP) is 5.78. The zero-order valence-corrected chi connectivity index (χ0v) is 14.6. The number of rotatable bonds is 11. The van der Waals surface area contributed by atoms with Crippen molar-refractivity contribution in [3.63, 3.8) is 0 Å². The Hall–Kier alpha value is -0.550. The van der Waals surface area contributed by atoms with Crippen LogP contribution >= 0.6 is 0 Å². The molecule has 2 heteroatoms. The van der Waals surface area contributed by atoms with Crippen molar-refractivity contribution in [1.29, 1.82) is 5.26 Å². The van der Waals surface area contributed by atoms with E-state index >= 15 is 0 Å². The quantitative estimate of drug-likeness (QED) is 0.269. The third-order valence-electron chi connectivity index (χ3n) is 5.28. The van der Waals surface area contributed by atoms with Gasteiger partial charge in [-0.25, -0.2) is 4.48 Å². The van der Waals surface area contributed by atoms with Gasteiger partial charge in [-0.1, -0.05) is 58.8 Å². The van der Waals surface area contributed by atoms with Gasteiger partial charge in [-0.05, 0) is 25.7 Å². The first kappa shape index (κ1) is 18.5. The lowest BCUT2D eigenvalue weighted by molar-refractivity contribution is -0.897. The average Bonchev–Trinajstić information content (AvgIpc) is 2.52. The van der Waals surface area contributed by atoms with Crippen LogP contribution in [-0.2, 0) is 0 Å². The maximum atomic E-state index is 9.76. The van der Waals surface area contributed by atoms with Gasteiger partial charge in [0.1, 0.15) is 6.04 Å². The number of unbranched alkanes of at least 4 members (excludes halogenated alkanes) is 7. The molecule has 2 nitrogen and oxygen atoms in total. The van der Waals surface area contributed by atoms with E-state index in [1.165, 1.54) is 83.5 Å². The molecule has 1 aliphatic rings. The second-order valence-corrected chi connectivity index (χ2v) is 6.99. The fourth-order valence-electron chi connectivity index (χ4n) is 3.93. The minimum atomic E-state index is 0.623. The predicted molar refractivity (Wildman–Crippen MR) is 90.8 cm³/mol. The lowest BCUT2D eigenvalue weighted by Gasteiger charge is -2.40. The van der Waals surface area contributed by atoms with Gasteiger partial charge in [0.2, 0.25) is 0 Å². The summed E-state index contributed by atoms with van der Waals surface area (Å²) in [5, 5.41) is 9.76. The third kappa shape index (κ3) is 6.39. The van der Waals surface area contributed by atoms with E-state index in [9.17, 15) is 5.26 Å². The molecule has 1 heterocycles. The van der Waals surface area contributed by atoms with Gasteiger partial charge < -0.3 is 0 Å². The summed E-state index contributed by atoms with van der Waals surface area (Å²) in [4.78, 5) is 0. The fraction of sp³-hybridized carbons (Fsp3) is 0.947. The van der Waals surface area contributed by atoms with E-state index in [0.717, 1.165) is 17.6 Å². The molecule has 0 spiro atoms. The third-order valence-corrected chi connectivity index (χ3v) is 5.28. The number of piperidine rings is 1. The van der Waals surface area contributed by atoms with Crippen molar-refractivity contribution in [2.24, 2.45) is 0 Å². The molecule has 122 valence electrons. The maximum Gasteiger partial charge on any atom is 0.308 e. The first-order valence-electron chi connectivity index (χ1n) is 9.57. The van der Waals surface area contributed by atoms with Gasteiger partial charge in [0, 0.05) is 12.8 Å². The van der Waals surface area contributed by atoms with Crippen molar-refractivity contribution in [2.75, 3.05) is 13.1 Å². The smallest absolute Gasteiger partial charge is 0.221 e. The van der Waals surface area contributed by atoms with Crippen molar-refractivity contribution in [3.8, 4) is 6.19 Å². The molecule has 21 heavy (non-hydrogen) atoms. The van der Waals surface area contributed by atoms with Crippen LogP contribution in [0.2, 0.25) is 0 Å². The Morgan fingerprint density at radius 1 is 0.905 bits per heavy atom. The van der Waals surface area contributed by atoms with Gasteiger partial charge in [-0.3, -0.25) is 0 Å². The van der Waals surface area contributed by atoms with Crippen molar-refractivity contribution < 1.29 is 4.48 Å². The standard InChI is InChI=1S/C19H37N2/c1-3-5-6-7-8-9-10-12-16-21(18-20)17-13-11-15-19(21)14-4-2/h19H,3-17H2,1-2H3/q+1. The molecule has 0 aromatic heterocycles. The van der Waals surface area contributed by atoms with Crippen LogP contribution in [-0.4, -0.2) is 23.6 Å². The molecule has 2 atom stereocenters. The first-order chi connectivity index (χ1) is 10.3. The van der Waals surface area contributed by atoms with E-state index in [1.807, 2.05) is 0 Å². The molecular weight excluding hydrogens is 256 g/mol. The summed E-state index contributed by atoms with van der Waals surface area (Å²) >= 11 is 0. The Kier molecular flexibility index (Phi) is 9.76. The Balaban J connectivity index is 2.24. The molecule has 0 N–H and O–H groups in total. The fourth-order valence-corrected chi connectivity index (χ4v) is 3.93. The van der Waals surface area contributed by atoms with Gasteiger partial charge in [0.05, 0.1) is 13.1 Å². The Bertz CT molecular complexity index is 292. The summed E-state index contributed by atoms with van der Waals surface area (Å²) in [6.07, 6.45) is 19.9. The second-order valence-electron chi connectivity index (χ2n) is 6.99. The molecule has 1 saturated heterocycles. The highest BCUT2D eigenvalue weighted by molar-refractivity contribution is 4.73. The Morgan fingerprint density at radius 3 is 2.19 bits per heavy atom. The van der Waals surface area contributed by atoms with Crippen molar-refractivity contribution in [2.45, 2.75) is 103 Å². The molecule has 0 aliphatic carbocycles. The van der Waals surface area contributed by atoms with E-state index in [2.05, 4.69) is 20.0 Å². The summed E-state index contributed by atoms with van der Waals surface area (Å²) in [5.41, 5.74) is 0. The summed E-state index contributed by atoms with van der Waals surface area (Å²) in [6.45, 7) is 6.75. The van der Waals surface area contributed by atoms with Crippen molar-refractivity contribution in [1.82, 2.24) is 0 Å². The van der Waals surface area contributed by atoms with Crippen molar-refractivity contribution in [3.05, 3.63) is 0 Å². The lowest BCUT2D eigenvalue weighted by atomic mass is 9.94. The topological polar surface area (TPSA) is 23.8 Å². The second kappa shape index (κ2) is 11.1. The van der Waals surface area contributed by atoms with Gasteiger partial charge in [0.15, 0.2) is 0 Å². The van der Waals surface area contributed by atoms with Gasteiger partial charge in [-0.15, -0.1) is 5.26 Å². The number of nitrogens with zero attached hydrogens (tertiary/aromatic N) is 2. The number of quaternary nitrogens is 1. The molecule has 0 radical (unpaired) electrons. The van der Waals surface area contributed by atoms with Crippen LogP contribution in [0.5, 0.6) is 0 Å². The van der Waals surface area contributed by atoms with Crippen LogP contribution in [0.1, 0.15) is 97.3 Å². The highest BCUT2D eigenvalue weighted by atomic mass is 15.4. The van der Waals surface area contributed by atoms with Gasteiger partial charge in [0.25, 0.3) is 0 Å². The molecule has 0 amide bonds.